The van der Waals surface area contributed by atoms with Gasteiger partial charge in [0.25, 0.3) is 5.91 Å². The molecule has 2 amide bonds. The molecule has 0 aliphatic carbocycles. The zero-order chi connectivity index (χ0) is 11.0. The first-order valence-corrected chi connectivity index (χ1v) is 5.54. The molecule has 2 N–H and O–H groups in total. The molecule has 0 fully saturated rings. The van der Waals surface area contributed by atoms with Gasteiger partial charge in [0.05, 0.1) is 17.8 Å². The number of nitrogens with one attached hydrogen (secondary N) is 2. The quantitative estimate of drug-likeness (QED) is 0.709. The number of carbonyl (C=O) groups excluding carboxylic acids is 2. The van der Waals surface area contributed by atoms with Gasteiger partial charge in [-0.25, -0.2) is 0 Å². The third-order valence-corrected chi connectivity index (χ3v) is 3.64. The minimum atomic E-state index is -0.207. The molecule has 0 unspecified atom stereocenters. The van der Waals surface area contributed by atoms with E-state index in [1.165, 1.54) is 0 Å². The molecule has 0 atom stereocenters. The molecule has 5 heteroatoms. The summed E-state index contributed by atoms with van der Waals surface area (Å²) in [7, 11) is 0. The van der Waals surface area contributed by atoms with Crippen molar-refractivity contribution in [3.8, 4) is 0 Å². The largest absolute Gasteiger partial charge is 0.343 e. The van der Waals surface area contributed by atoms with Crippen LogP contribution in [0.4, 0.5) is 5.69 Å². The Hall–Kier alpha value is -1.11. The van der Waals surface area contributed by atoms with Gasteiger partial charge >= 0.3 is 0 Å². The fourth-order valence-electron chi connectivity index (χ4n) is 1.43. The Morgan fingerprint density at radius 3 is 2.80 bits per heavy atom. The normalized spacial score (nSPS) is 15.1. The molecule has 0 saturated carbocycles. The van der Waals surface area contributed by atoms with Crippen molar-refractivity contribution in [3.05, 3.63) is 26.8 Å². The van der Waals surface area contributed by atoms with Crippen molar-refractivity contribution in [1.29, 1.82) is 0 Å². The van der Waals surface area contributed by atoms with Crippen LogP contribution in [0, 0.1) is 10.5 Å². The summed E-state index contributed by atoms with van der Waals surface area (Å²) in [5, 5.41) is 5.27. The topological polar surface area (TPSA) is 58.2 Å². The van der Waals surface area contributed by atoms with E-state index >= 15 is 0 Å². The van der Waals surface area contributed by atoms with Crippen LogP contribution >= 0.6 is 22.6 Å². The highest BCUT2D eigenvalue weighted by molar-refractivity contribution is 14.1. The summed E-state index contributed by atoms with van der Waals surface area (Å²) in [5.74, 6) is -0.396. The van der Waals surface area contributed by atoms with E-state index < -0.39 is 0 Å². The Morgan fingerprint density at radius 1 is 1.33 bits per heavy atom. The molecule has 1 heterocycles. The van der Waals surface area contributed by atoms with Crippen LogP contribution in [0.1, 0.15) is 15.9 Å². The summed E-state index contributed by atoms with van der Waals surface area (Å²) in [6.07, 6.45) is 0. The van der Waals surface area contributed by atoms with Gasteiger partial charge in [0.2, 0.25) is 5.91 Å². The molecular formula is C10H9IN2O2. The van der Waals surface area contributed by atoms with Crippen molar-refractivity contribution >= 4 is 40.1 Å². The Labute approximate surface area is 101 Å². The van der Waals surface area contributed by atoms with E-state index in [0.29, 0.717) is 11.3 Å². The van der Waals surface area contributed by atoms with Crippen LogP contribution in [0.5, 0.6) is 0 Å². The molecular weight excluding hydrogens is 307 g/mol. The third kappa shape index (κ3) is 1.83. The average Bonchev–Trinajstić information content (AvgIpc) is 2.34. The molecule has 0 bridgehead atoms. The highest BCUT2D eigenvalue weighted by atomic mass is 127. The number of carbonyl (C=O) groups is 2. The molecule has 4 nitrogen and oxygen atoms in total. The van der Waals surface area contributed by atoms with Crippen molar-refractivity contribution in [2.45, 2.75) is 6.92 Å². The average molecular weight is 316 g/mol. The van der Waals surface area contributed by atoms with E-state index in [4.69, 9.17) is 0 Å². The lowest BCUT2D eigenvalue weighted by atomic mass is 10.1. The predicted octanol–water partition coefficient (Wildman–Crippen LogP) is 1.28. The smallest absolute Gasteiger partial charge is 0.253 e. The number of anilines is 1. The fourth-order valence-corrected chi connectivity index (χ4v) is 2.04. The van der Waals surface area contributed by atoms with Gasteiger partial charge in [-0.05, 0) is 41.1 Å². The van der Waals surface area contributed by atoms with Gasteiger partial charge in [0.15, 0.2) is 0 Å². The maximum Gasteiger partial charge on any atom is 0.253 e. The molecule has 1 aromatic carbocycles. The standard InChI is InChI=1S/C10H9IN2O2/c1-5-2-3-6-9(8(5)11)13-7(14)4-12-10(6)15/h2-3H,4H2,1H3,(H,12,15)(H,13,14). The maximum atomic E-state index is 11.6. The fraction of sp³-hybridized carbons (Fsp3) is 0.200. The van der Waals surface area contributed by atoms with E-state index in [0.717, 1.165) is 9.13 Å². The van der Waals surface area contributed by atoms with Crippen LogP contribution in [0.3, 0.4) is 0 Å². The molecule has 1 aromatic rings. The molecule has 2 rings (SSSR count). The highest BCUT2D eigenvalue weighted by Gasteiger charge is 2.21. The van der Waals surface area contributed by atoms with E-state index in [1.54, 1.807) is 6.07 Å². The predicted molar refractivity (Wildman–Crippen MR) is 64.9 cm³/mol. The summed E-state index contributed by atoms with van der Waals surface area (Å²) < 4.78 is 0.913. The van der Waals surface area contributed by atoms with Gasteiger partial charge in [-0.3, -0.25) is 9.59 Å². The summed E-state index contributed by atoms with van der Waals surface area (Å²) in [6, 6.07) is 3.60. The van der Waals surface area contributed by atoms with Crippen molar-refractivity contribution in [1.82, 2.24) is 5.32 Å². The summed E-state index contributed by atoms with van der Waals surface area (Å²) in [6.45, 7) is 1.97. The minimum absolute atomic E-state index is 0.0304. The molecule has 0 radical (unpaired) electrons. The lowest BCUT2D eigenvalue weighted by Crippen LogP contribution is -2.28. The SMILES string of the molecule is Cc1ccc2c(c1I)NC(=O)CNC2=O. The molecule has 0 spiro atoms. The number of hydrogen-bond acceptors (Lipinski definition) is 2. The first-order valence-electron chi connectivity index (χ1n) is 4.47. The molecule has 0 saturated heterocycles. The van der Waals surface area contributed by atoms with Gasteiger partial charge in [-0.15, -0.1) is 0 Å². The number of rotatable bonds is 0. The highest BCUT2D eigenvalue weighted by Crippen LogP contribution is 2.27. The van der Waals surface area contributed by atoms with Crippen molar-refractivity contribution in [2.24, 2.45) is 0 Å². The lowest BCUT2D eigenvalue weighted by molar-refractivity contribution is -0.115. The minimum Gasteiger partial charge on any atom is -0.343 e. The van der Waals surface area contributed by atoms with Gasteiger partial charge in [0, 0.05) is 3.57 Å². The van der Waals surface area contributed by atoms with E-state index in [9.17, 15) is 9.59 Å². The Morgan fingerprint density at radius 2 is 2.07 bits per heavy atom. The van der Waals surface area contributed by atoms with Crippen LogP contribution < -0.4 is 10.6 Å². The molecule has 0 aromatic heterocycles. The van der Waals surface area contributed by atoms with Gasteiger partial charge in [-0.2, -0.15) is 0 Å². The Bertz CT molecular complexity index is 457. The number of halogens is 1. The number of benzene rings is 1. The first kappa shape index (κ1) is 10.4. The second kappa shape index (κ2) is 3.80. The van der Waals surface area contributed by atoms with E-state index in [-0.39, 0.29) is 18.4 Å². The monoisotopic (exact) mass is 316 g/mol. The van der Waals surface area contributed by atoms with Gasteiger partial charge in [-0.1, -0.05) is 6.07 Å². The second-order valence-electron chi connectivity index (χ2n) is 3.35. The number of fused-ring (bicyclic) bond motifs is 1. The Balaban J connectivity index is 2.62. The Kier molecular flexibility index (Phi) is 2.64. The van der Waals surface area contributed by atoms with Crippen LogP contribution in [0.25, 0.3) is 0 Å². The number of aryl methyl sites for hydroxylation is 1. The summed E-state index contributed by atoms with van der Waals surface area (Å²) in [5.41, 5.74) is 2.19. The van der Waals surface area contributed by atoms with Crippen molar-refractivity contribution < 1.29 is 9.59 Å². The zero-order valence-electron chi connectivity index (χ0n) is 8.06. The van der Waals surface area contributed by atoms with Crippen LogP contribution in [0.2, 0.25) is 0 Å². The van der Waals surface area contributed by atoms with E-state index in [1.807, 2.05) is 13.0 Å². The van der Waals surface area contributed by atoms with Gasteiger partial charge < -0.3 is 10.6 Å². The molecule has 1 aliphatic rings. The second-order valence-corrected chi connectivity index (χ2v) is 4.43. The van der Waals surface area contributed by atoms with Crippen LogP contribution in [0.15, 0.2) is 12.1 Å². The van der Waals surface area contributed by atoms with Crippen molar-refractivity contribution in [3.63, 3.8) is 0 Å². The zero-order valence-corrected chi connectivity index (χ0v) is 10.2. The number of amides is 2. The lowest BCUT2D eigenvalue weighted by Gasteiger charge is -2.09. The summed E-state index contributed by atoms with van der Waals surface area (Å²) in [4.78, 5) is 22.9. The summed E-state index contributed by atoms with van der Waals surface area (Å²) >= 11 is 2.13. The number of hydrogen-bond donors (Lipinski definition) is 2. The first-order chi connectivity index (χ1) is 7.09. The third-order valence-electron chi connectivity index (χ3n) is 2.25. The van der Waals surface area contributed by atoms with Gasteiger partial charge in [0.1, 0.15) is 0 Å². The maximum absolute atomic E-state index is 11.6. The molecule has 78 valence electrons. The molecule has 15 heavy (non-hydrogen) atoms. The van der Waals surface area contributed by atoms with Crippen LogP contribution in [-0.4, -0.2) is 18.4 Å². The van der Waals surface area contributed by atoms with E-state index in [2.05, 4.69) is 33.2 Å². The molecule has 1 aliphatic heterocycles. The van der Waals surface area contributed by atoms with Crippen LogP contribution in [-0.2, 0) is 4.79 Å². The van der Waals surface area contributed by atoms with Crippen molar-refractivity contribution in [2.75, 3.05) is 11.9 Å².